The maximum atomic E-state index is 13.2. The molecule has 0 aliphatic heterocycles. The van der Waals surface area contributed by atoms with Gasteiger partial charge < -0.3 is 4.42 Å². The van der Waals surface area contributed by atoms with Gasteiger partial charge in [0.25, 0.3) is 0 Å². The summed E-state index contributed by atoms with van der Waals surface area (Å²) in [6.45, 7) is 0. The number of hydrogen-bond acceptors (Lipinski definition) is 3. The Hall–Kier alpha value is -5.22. The molecule has 4 nitrogen and oxygen atoms in total. The van der Waals surface area contributed by atoms with Gasteiger partial charge in [0.2, 0.25) is 0 Å². The molecule has 0 spiro atoms. The third-order valence-electron chi connectivity index (χ3n) is 7.45. The van der Waals surface area contributed by atoms with Crippen LogP contribution in [-0.4, -0.2) is 9.38 Å². The fraction of sp³-hybridized carbons (Fsp3) is 0. The van der Waals surface area contributed by atoms with Crippen molar-refractivity contribution in [3.05, 3.63) is 132 Å². The molecule has 2 aromatic heterocycles. The SMILES string of the molecule is O=c1oc2nc3ccccc3n2c2ccc(-c3c4ccccc4c(-c4ccccc4)c4ccccc34)cc12. The van der Waals surface area contributed by atoms with Gasteiger partial charge in [-0.15, -0.1) is 0 Å². The van der Waals surface area contributed by atoms with Crippen molar-refractivity contribution in [2.75, 3.05) is 0 Å². The largest absolute Gasteiger partial charge is 0.388 e. The van der Waals surface area contributed by atoms with Crippen LogP contribution in [0.1, 0.15) is 0 Å². The highest BCUT2D eigenvalue weighted by Crippen LogP contribution is 2.43. The molecule has 0 aliphatic rings. The second-order valence-corrected chi connectivity index (χ2v) is 9.55. The molecule has 0 N–H and O–H groups in total. The summed E-state index contributed by atoms with van der Waals surface area (Å²) in [6.07, 6.45) is 0. The Morgan fingerprint density at radius 1 is 0.526 bits per heavy atom. The van der Waals surface area contributed by atoms with Crippen molar-refractivity contribution < 1.29 is 4.42 Å². The average molecular weight is 489 g/mol. The van der Waals surface area contributed by atoms with Gasteiger partial charge >= 0.3 is 11.5 Å². The Bertz CT molecular complexity index is 2200. The zero-order chi connectivity index (χ0) is 25.2. The summed E-state index contributed by atoms with van der Waals surface area (Å²) in [5.41, 5.74) is 6.57. The maximum absolute atomic E-state index is 13.2. The summed E-state index contributed by atoms with van der Waals surface area (Å²) in [5, 5.41) is 5.16. The average Bonchev–Trinajstić information content (AvgIpc) is 3.34. The lowest BCUT2D eigenvalue weighted by molar-refractivity contribution is 0.539. The molecule has 178 valence electrons. The molecular formula is C34H20N2O2. The van der Waals surface area contributed by atoms with Gasteiger partial charge in [-0.3, -0.25) is 4.40 Å². The summed E-state index contributed by atoms with van der Waals surface area (Å²) < 4.78 is 7.62. The number of nitrogens with zero attached hydrogens (tertiary/aromatic N) is 2. The van der Waals surface area contributed by atoms with Gasteiger partial charge in [-0.1, -0.05) is 97.1 Å². The summed E-state index contributed by atoms with van der Waals surface area (Å²) in [5.74, 6) is 0.305. The predicted molar refractivity (Wildman–Crippen MR) is 155 cm³/mol. The lowest BCUT2D eigenvalue weighted by Crippen LogP contribution is -2.04. The quantitative estimate of drug-likeness (QED) is 0.230. The van der Waals surface area contributed by atoms with Crippen molar-refractivity contribution >= 4 is 49.3 Å². The zero-order valence-electron chi connectivity index (χ0n) is 20.3. The number of hydrogen-bond donors (Lipinski definition) is 0. The van der Waals surface area contributed by atoms with Crippen molar-refractivity contribution in [2.45, 2.75) is 0 Å². The first-order valence-electron chi connectivity index (χ1n) is 12.6. The van der Waals surface area contributed by atoms with Crippen LogP contribution in [0.5, 0.6) is 0 Å². The molecule has 0 radical (unpaired) electrons. The van der Waals surface area contributed by atoms with Crippen LogP contribution in [0.25, 0.3) is 71.6 Å². The summed E-state index contributed by atoms with van der Waals surface area (Å²) in [4.78, 5) is 17.7. The third-order valence-corrected chi connectivity index (χ3v) is 7.45. The van der Waals surface area contributed by atoms with E-state index >= 15 is 0 Å². The van der Waals surface area contributed by atoms with Crippen molar-refractivity contribution in [3.8, 4) is 22.3 Å². The molecule has 8 aromatic rings. The molecule has 8 rings (SSSR count). The summed E-state index contributed by atoms with van der Waals surface area (Å²) in [6, 6.07) is 41.5. The molecule has 0 amide bonds. The number of rotatable bonds is 2. The molecule has 0 atom stereocenters. The topological polar surface area (TPSA) is 47.5 Å². The molecule has 4 heteroatoms. The van der Waals surface area contributed by atoms with Crippen LogP contribution < -0.4 is 5.63 Å². The van der Waals surface area contributed by atoms with E-state index in [0.717, 1.165) is 38.4 Å². The van der Waals surface area contributed by atoms with Gasteiger partial charge in [0.05, 0.1) is 21.9 Å². The smallest absolute Gasteiger partial charge is 0.348 e. The minimum Gasteiger partial charge on any atom is -0.388 e. The van der Waals surface area contributed by atoms with Crippen molar-refractivity contribution in [3.63, 3.8) is 0 Å². The van der Waals surface area contributed by atoms with E-state index in [0.29, 0.717) is 11.2 Å². The van der Waals surface area contributed by atoms with Crippen LogP contribution in [0.4, 0.5) is 0 Å². The van der Waals surface area contributed by atoms with E-state index in [4.69, 9.17) is 4.42 Å². The maximum Gasteiger partial charge on any atom is 0.348 e. The van der Waals surface area contributed by atoms with Gasteiger partial charge in [-0.2, -0.15) is 4.98 Å². The molecule has 0 bridgehead atoms. The van der Waals surface area contributed by atoms with Gasteiger partial charge in [0, 0.05) is 0 Å². The van der Waals surface area contributed by atoms with E-state index in [1.807, 2.05) is 46.9 Å². The number of benzene rings is 6. The van der Waals surface area contributed by atoms with E-state index in [-0.39, 0.29) is 5.63 Å². The van der Waals surface area contributed by atoms with Crippen LogP contribution in [0.15, 0.2) is 131 Å². The molecule has 0 fully saturated rings. The second kappa shape index (κ2) is 7.89. The number of imidazole rings is 1. The van der Waals surface area contributed by atoms with Crippen LogP contribution in [0.2, 0.25) is 0 Å². The van der Waals surface area contributed by atoms with Crippen molar-refractivity contribution in [2.24, 2.45) is 0 Å². The Balaban J connectivity index is 1.50. The van der Waals surface area contributed by atoms with Crippen LogP contribution in [-0.2, 0) is 0 Å². The Morgan fingerprint density at radius 3 is 1.79 bits per heavy atom. The lowest BCUT2D eigenvalue weighted by Gasteiger charge is -2.18. The Morgan fingerprint density at radius 2 is 1.11 bits per heavy atom. The lowest BCUT2D eigenvalue weighted by atomic mass is 9.86. The standard InChI is InChI=1S/C34H20N2O2/c37-33-27-20-22(18-19-29(27)36-30-17-9-8-16-28(30)35-34(36)38-33)32-25-14-6-4-12-23(25)31(21-10-2-1-3-11-21)24-13-5-7-15-26(24)32/h1-20H. The van der Waals surface area contributed by atoms with E-state index in [1.165, 1.54) is 21.9 Å². The predicted octanol–water partition coefficient (Wildman–Crippen LogP) is 8.23. The van der Waals surface area contributed by atoms with E-state index in [9.17, 15) is 4.79 Å². The zero-order valence-corrected chi connectivity index (χ0v) is 20.3. The normalized spacial score (nSPS) is 11.8. The summed E-state index contributed by atoms with van der Waals surface area (Å²) >= 11 is 0. The highest BCUT2D eigenvalue weighted by Gasteiger charge is 2.18. The highest BCUT2D eigenvalue weighted by molar-refractivity contribution is 6.21. The summed E-state index contributed by atoms with van der Waals surface area (Å²) in [7, 11) is 0. The monoisotopic (exact) mass is 488 g/mol. The van der Waals surface area contributed by atoms with E-state index in [2.05, 4.69) is 83.8 Å². The van der Waals surface area contributed by atoms with Crippen molar-refractivity contribution in [1.29, 1.82) is 0 Å². The molecule has 0 aliphatic carbocycles. The molecular weight excluding hydrogens is 468 g/mol. The van der Waals surface area contributed by atoms with Gasteiger partial charge in [0.1, 0.15) is 0 Å². The third kappa shape index (κ3) is 2.91. The second-order valence-electron chi connectivity index (χ2n) is 9.55. The molecule has 0 unspecified atom stereocenters. The highest BCUT2D eigenvalue weighted by atomic mass is 16.4. The number of para-hydroxylation sites is 2. The first kappa shape index (κ1) is 20.9. The van der Waals surface area contributed by atoms with Crippen LogP contribution in [0.3, 0.4) is 0 Å². The van der Waals surface area contributed by atoms with E-state index in [1.54, 1.807) is 0 Å². The molecule has 2 heterocycles. The first-order chi connectivity index (χ1) is 18.8. The number of aromatic nitrogens is 2. The van der Waals surface area contributed by atoms with Gasteiger partial charge in [-0.25, -0.2) is 4.79 Å². The molecule has 0 saturated heterocycles. The fourth-order valence-electron chi connectivity index (χ4n) is 5.85. The molecule has 38 heavy (non-hydrogen) atoms. The molecule has 0 saturated carbocycles. The molecule has 6 aromatic carbocycles. The minimum atomic E-state index is -0.390. The van der Waals surface area contributed by atoms with Crippen LogP contribution >= 0.6 is 0 Å². The van der Waals surface area contributed by atoms with Crippen molar-refractivity contribution in [1.82, 2.24) is 9.38 Å². The Kier molecular flexibility index (Phi) is 4.34. The van der Waals surface area contributed by atoms with Gasteiger partial charge in [-0.05, 0) is 68.1 Å². The van der Waals surface area contributed by atoms with Crippen LogP contribution in [0, 0.1) is 0 Å². The first-order valence-corrected chi connectivity index (χ1v) is 12.6. The van der Waals surface area contributed by atoms with E-state index < -0.39 is 0 Å². The minimum absolute atomic E-state index is 0.305. The fourth-order valence-corrected chi connectivity index (χ4v) is 5.85. The number of fused-ring (bicyclic) bond motifs is 7. The Labute approximate surface area is 217 Å². The van der Waals surface area contributed by atoms with Gasteiger partial charge in [0.15, 0.2) is 0 Å².